The molecule has 78 valence electrons. The SMILES string of the molecule is C=O.C=O.O=S(=O)([O-])c1ccccc1.[Na+]. The fourth-order valence-corrected chi connectivity index (χ4v) is 1.08. The first kappa shape index (κ1) is 20.0. The Labute approximate surface area is 111 Å². The van der Waals surface area contributed by atoms with Gasteiger partial charge in [-0.2, -0.15) is 0 Å². The third-order valence-corrected chi connectivity index (χ3v) is 1.88. The van der Waals surface area contributed by atoms with E-state index < -0.39 is 10.1 Å². The monoisotopic (exact) mass is 240 g/mol. The molecule has 0 aliphatic heterocycles. The summed E-state index contributed by atoms with van der Waals surface area (Å²) in [4.78, 5) is 15.8. The van der Waals surface area contributed by atoms with Gasteiger partial charge in [0.25, 0.3) is 0 Å². The molecule has 0 amide bonds. The molecule has 0 aliphatic carbocycles. The van der Waals surface area contributed by atoms with Crippen LogP contribution in [0.5, 0.6) is 0 Å². The molecule has 5 nitrogen and oxygen atoms in total. The van der Waals surface area contributed by atoms with Crippen LogP contribution in [0.15, 0.2) is 35.2 Å². The molecule has 0 aliphatic rings. The number of benzene rings is 1. The summed E-state index contributed by atoms with van der Waals surface area (Å²) < 4.78 is 30.8. The van der Waals surface area contributed by atoms with Gasteiger partial charge in [0.05, 0.1) is 4.90 Å². The molecule has 0 aromatic heterocycles. The van der Waals surface area contributed by atoms with Crippen molar-refractivity contribution in [3.05, 3.63) is 30.3 Å². The van der Waals surface area contributed by atoms with Crippen molar-refractivity contribution in [2.75, 3.05) is 0 Å². The number of carbonyl (C=O) groups is 2. The van der Waals surface area contributed by atoms with Gasteiger partial charge in [-0.25, -0.2) is 8.42 Å². The van der Waals surface area contributed by atoms with E-state index in [1.807, 2.05) is 13.6 Å². The number of hydrogen-bond acceptors (Lipinski definition) is 5. The summed E-state index contributed by atoms with van der Waals surface area (Å²) in [7, 11) is -4.25. The Hall–Kier alpha value is -0.530. The van der Waals surface area contributed by atoms with Gasteiger partial charge in [0.1, 0.15) is 23.7 Å². The van der Waals surface area contributed by atoms with E-state index in [2.05, 4.69) is 0 Å². The van der Waals surface area contributed by atoms with Gasteiger partial charge in [-0.3, -0.25) is 0 Å². The van der Waals surface area contributed by atoms with Gasteiger partial charge in [0.15, 0.2) is 0 Å². The fraction of sp³-hybridized carbons (Fsp3) is 0. The molecule has 0 saturated carbocycles. The topological polar surface area (TPSA) is 91.3 Å². The van der Waals surface area contributed by atoms with Crippen molar-refractivity contribution in [3.63, 3.8) is 0 Å². The second kappa shape index (κ2) is 11.5. The molecule has 0 spiro atoms. The minimum Gasteiger partial charge on any atom is -0.744 e. The summed E-state index contributed by atoms with van der Waals surface area (Å²) in [6.45, 7) is 4.00. The van der Waals surface area contributed by atoms with Crippen molar-refractivity contribution in [3.8, 4) is 0 Å². The van der Waals surface area contributed by atoms with E-state index in [4.69, 9.17) is 9.59 Å². The average molecular weight is 240 g/mol. The summed E-state index contributed by atoms with van der Waals surface area (Å²) in [5.74, 6) is 0. The van der Waals surface area contributed by atoms with Gasteiger partial charge in [-0.1, -0.05) is 18.2 Å². The molecule has 0 fully saturated rings. The second-order valence-electron chi connectivity index (χ2n) is 1.77. The first-order valence-electron chi connectivity index (χ1n) is 3.19. The maximum absolute atomic E-state index is 10.3. The number of rotatable bonds is 1. The Bertz CT molecular complexity index is 335. The van der Waals surface area contributed by atoms with E-state index >= 15 is 0 Å². The summed E-state index contributed by atoms with van der Waals surface area (Å²) in [5, 5.41) is 0. The Kier molecular flexibility index (Phi) is 15.4. The molecule has 0 unspecified atom stereocenters. The second-order valence-corrected chi connectivity index (χ2v) is 3.15. The first-order chi connectivity index (χ1) is 6.61. The zero-order valence-corrected chi connectivity index (χ0v) is 11.1. The Morgan fingerprint density at radius 3 is 1.47 bits per heavy atom. The zero-order valence-electron chi connectivity index (χ0n) is 8.25. The average Bonchev–Trinajstić information content (AvgIpc) is 2.24. The fourth-order valence-electron chi connectivity index (χ4n) is 0.587. The van der Waals surface area contributed by atoms with E-state index in [0.29, 0.717) is 0 Å². The van der Waals surface area contributed by atoms with Crippen LogP contribution in [-0.2, 0) is 19.7 Å². The smallest absolute Gasteiger partial charge is 0.744 e. The van der Waals surface area contributed by atoms with Crippen LogP contribution in [0.1, 0.15) is 0 Å². The van der Waals surface area contributed by atoms with Crippen molar-refractivity contribution >= 4 is 23.7 Å². The largest absolute Gasteiger partial charge is 1.00 e. The van der Waals surface area contributed by atoms with Crippen LogP contribution in [0, 0.1) is 0 Å². The predicted octanol–water partition coefficient (Wildman–Crippen LogP) is -2.78. The molecule has 15 heavy (non-hydrogen) atoms. The van der Waals surface area contributed by atoms with Crippen molar-refractivity contribution < 1.29 is 52.1 Å². The maximum atomic E-state index is 10.3. The van der Waals surface area contributed by atoms with Gasteiger partial charge >= 0.3 is 29.6 Å². The number of carbonyl (C=O) groups excluding carboxylic acids is 2. The molecule has 1 aromatic carbocycles. The van der Waals surface area contributed by atoms with Crippen LogP contribution in [0.4, 0.5) is 0 Å². The molecular weight excluding hydrogens is 231 g/mol. The third kappa shape index (κ3) is 9.77. The quantitative estimate of drug-likeness (QED) is 0.391. The van der Waals surface area contributed by atoms with E-state index in [9.17, 15) is 13.0 Å². The summed E-state index contributed by atoms with van der Waals surface area (Å²) in [5.41, 5.74) is 0. The summed E-state index contributed by atoms with van der Waals surface area (Å²) in [6, 6.07) is 7.19. The van der Waals surface area contributed by atoms with Gasteiger partial charge in [-0.15, -0.1) is 0 Å². The van der Waals surface area contributed by atoms with Crippen molar-refractivity contribution in [1.82, 2.24) is 0 Å². The molecule has 0 heterocycles. The van der Waals surface area contributed by atoms with Crippen LogP contribution < -0.4 is 29.6 Å². The number of hydrogen-bond donors (Lipinski definition) is 0. The maximum Gasteiger partial charge on any atom is 1.00 e. The molecule has 0 atom stereocenters. The van der Waals surface area contributed by atoms with Crippen LogP contribution in [0.2, 0.25) is 0 Å². The third-order valence-electron chi connectivity index (χ3n) is 1.03. The van der Waals surface area contributed by atoms with Gasteiger partial charge < -0.3 is 14.1 Å². The minimum absolute atomic E-state index is 0. The molecule has 1 rings (SSSR count). The van der Waals surface area contributed by atoms with Gasteiger partial charge in [-0.05, 0) is 12.1 Å². The molecule has 7 heteroatoms. The van der Waals surface area contributed by atoms with Crippen LogP contribution >= 0.6 is 0 Å². The Balaban J connectivity index is -0.000000258. The minimum atomic E-state index is -4.25. The van der Waals surface area contributed by atoms with Crippen LogP contribution in [0.25, 0.3) is 0 Å². The Morgan fingerprint density at radius 2 is 1.27 bits per heavy atom. The Morgan fingerprint density at radius 1 is 0.933 bits per heavy atom. The molecule has 0 saturated heterocycles. The molecule has 1 aromatic rings. The zero-order chi connectivity index (χ0) is 11.6. The van der Waals surface area contributed by atoms with Crippen molar-refractivity contribution in [2.24, 2.45) is 0 Å². The van der Waals surface area contributed by atoms with Crippen LogP contribution in [-0.4, -0.2) is 26.5 Å². The molecule has 0 N–H and O–H groups in total. The van der Waals surface area contributed by atoms with E-state index in [1.54, 1.807) is 6.07 Å². The summed E-state index contributed by atoms with van der Waals surface area (Å²) >= 11 is 0. The van der Waals surface area contributed by atoms with E-state index in [-0.39, 0.29) is 34.5 Å². The standard InChI is InChI=1S/C6H6O3S.2CH2O.Na/c7-10(8,9)6-4-2-1-3-5-6;2*1-2;/h1-5H,(H,7,8,9);2*1H2;/q;;;+1/p-1. The normalized spacial score (nSPS) is 8.07. The van der Waals surface area contributed by atoms with E-state index in [1.165, 1.54) is 24.3 Å². The molecular formula is C8H9NaO5S. The van der Waals surface area contributed by atoms with Gasteiger partial charge in [0, 0.05) is 0 Å². The van der Waals surface area contributed by atoms with Gasteiger partial charge in [0.2, 0.25) is 0 Å². The summed E-state index contributed by atoms with van der Waals surface area (Å²) in [6.07, 6.45) is 0. The molecule has 0 radical (unpaired) electrons. The van der Waals surface area contributed by atoms with Crippen LogP contribution in [0.3, 0.4) is 0 Å². The molecule has 0 bridgehead atoms. The van der Waals surface area contributed by atoms with Crippen molar-refractivity contribution in [1.29, 1.82) is 0 Å². The first-order valence-corrected chi connectivity index (χ1v) is 4.60. The van der Waals surface area contributed by atoms with E-state index in [0.717, 1.165) is 0 Å². The van der Waals surface area contributed by atoms with Crippen molar-refractivity contribution in [2.45, 2.75) is 4.90 Å². The predicted molar refractivity (Wildman–Crippen MR) is 48.6 cm³/mol.